The maximum absolute atomic E-state index is 12.8. The van der Waals surface area contributed by atoms with Crippen molar-refractivity contribution < 1.29 is 27.9 Å². The minimum absolute atomic E-state index is 0.0370. The van der Waals surface area contributed by atoms with Gasteiger partial charge in [-0.1, -0.05) is 42.0 Å². The summed E-state index contributed by atoms with van der Waals surface area (Å²) in [5, 5.41) is 13.0. The minimum Gasteiger partial charge on any atom is -0.483 e. The van der Waals surface area contributed by atoms with E-state index in [-0.39, 0.29) is 12.5 Å². The van der Waals surface area contributed by atoms with Gasteiger partial charge in [0, 0.05) is 45.1 Å². The quantitative estimate of drug-likeness (QED) is 0.310. The number of halogens is 3. The fraction of sp³-hybridized carbons (Fsp3) is 0.458. The second-order valence-electron chi connectivity index (χ2n) is 8.38. The first-order valence-corrected chi connectivity index (χ1v) is 10.9. The highest BCUT2D eigenvalue weighted by Gasteiger charge is 2.39. The predicted molar refractivity (Wildman–Crippen MR) is 122 cm³/mol. The number of likely N-dealkylation sites (tertiary alicyclic amines) is 1. The Kier molecular flexibility index (Phi) is 10.0. The maximum atomic E-state index is 12.8. The van der Waals surface area contributed by atoms with Gasteiger partial charge in [0.25, 0.3) is 6.47 Å². The third kappa shape index (κ3) is 7.81. The standard InChI is InChI=1S/C23H28F3N3O2.CH2O2/c1-17-3-5-19(6-4-17)15-27-16-22(31-28-30)11-13-29(14-12-22)18(2)20-7-9-21(10-8-20)23(24,25)26;2-1-3/h3-10,18,27H,11-16H2,1-2H3;1H,(H,2,3). The monoisotopic (exact) mass is 481 g/mol. The van der Waals surface area contributed by atoms with E-state index in [0.717, 1.165) is 23.3 Å². The van der Waals surface area contributed by atoms with Gasteiger partial charge < -0.3 is 15.3 Å². The van der Waals surface area contributed by atoms with Crippen LogP contribution in [-0.4, -0.2) is 41.7 Å². The molecule has 1 saturated heterocycles. The number of nitrogens with one attached hydrogen (secondary N) is 1. The van der Waals surface area contributed by atoms with Gasteiger partial charge in [-0.05, 0) is 37.1 Å². The molecule has 186 valence electrons. The Morgan fingerprint density at radius 1 is 1.15 bits per heavy atom. The van der Waals surface area contributed by atoms with Crippen LogP contribution in [-0.2, 0) is 22.4 Å². The van der Waals surface area contributed by atoms with Crippen molar-refractivity contribution in [3.05, 3.63) is 75.7 Å². The highest BCUT2D eigenvalue weighted by atomic mass is 19.4. The first kappa shape index (κ1) is 27.3. The number of piperidine rings is 1. The molecule has 0 aliphatic carbocycles. The molecule has 0 amide bonds. The fourth-order valence-corrected chi connectivity index (χ4v) is 4.00. The van der Waals surface area contributed by atoms with Crippen molar-refractivity contribution >= 4 is 6.47 Å². The predicted octanol–water partition coefficient (Wildman–Crippen LogP) is 5.10. The molecule has 0 aromatic heterocycles. The lowest BCUT2D eigenvalue weighted by molar-refractivity contribution is -0.137. The molecule has 34 heavy (non-hydrogen) atoms. The zero-order valence-electron chi connectivity index (χ0n) is 19.2. The Hall–Kier alpha value is -2.98. The van der Waals surface area contributed by atoms with Crippen LogP contribution >= 0.6 is 0 Å². The maximum Gasteiger partial charge on any atom is 0.416 e. The van der Waals surface area contributed by atoms with Crippen molar-refractivity contribution in [2.75, 3.05) is 19.6 Å². The summed E-state index contributed by atoms with van der Waals surface area (Å²) in [6.07, 6.45) is -3.13. The molecule has 0 radical (unpaired) electrons. The summed E-state index contributed by atoms with van der Waals surface area (Å²) in [6.45, 7) is 6.23. The van der Waals surface area contributed by atoms with Gasteiger partial charge in [0.1, 0.15) is 0 Å². The molecule has 1 aliphatic rings. The number of nitrogens with zero attached hydrogens (tertiary/aromatic N) is 2. The molecule has 1 unspecified atom stereocenters. The molecule has 2 N–H and O–H groups in total. The van der Waals surface area contributed by atoms with Crippen LogP contribution in [0.5, 0.6) is 0 Å². The topological polar surface area (TPSA) is 91.2 Å². The summed E-state index contributed by atoms with van der Waals surface area (Å²) < 4.78 is 38.4. The van der Waals surface area contributed by atoms with Crippen molar-refractivity contribution in [3.8, 4) is 0 Å². The van der Waals surface area contributed by atoms with Crippen LogP contribution in [0.15, 0.2) is 53.9 Å². The molecule has 0 spiro atoms. The normalized spacial score (nSPS) is 16.6. The summed E-state index contributed by atoms with van der Waals surface area (Å²) in [5.41, 5.74) is 1.85. The lowest BCUT2D eigenvalue weighted by Gasteiger charge is -2.41. The zero-order valence-corrected chi connectivity index (χ0v) is 19.2. The Balaban J connectivity index is 0.00000129. The van der Waals surface area contributed by atoms with E-state index in [1.807, 2.05) is 13.8 Å². The van der Waals surface area contributed by atoms with Crippen LogP contribution in [0.1, 0.15) is 48.1 Å². The van der Waals surface area contributed by atoms with E-state index in [1.165, 1.54) is 17.7 Å². The Morgan fingerprint density at radius 3 is 2.21 bits per heavy atom. The van der Waals surface area contributed by atoms with Crippen molar-refractivity contribution in [1.29, 1.82) is 0 Å². The van der Waals surface area contributed by atoms with Crippen molar-refractivity contribution in [3.63, 3.8) is 0 Å². The number of rotatable bonds is 8. The van der Waals surface area contributed by atoms with Crippen molar-refractivity contribution in [1.82, 2.24) is 10.2 Å². The number of carboxylic acid groups (broad SMARTS) is 1. The molecular weight excluding hydrogens is 451 g/mol. The van der Waals surface area contributed by atoms with E-state index in [1.54, 1.807) is 0 Å². The van der Waals surface area contributed by atoms with Crippen LogP contribution in [0.4, 0.5) is 13.2 Å². The molecule has 1 fully saturated rings. The van der Waals surface area contributed by atoms with Crippen LogP contribution in [0.2, 0.25) is 0 Å². The summed E-state index contributed by atoms with van der Waals surface area (Å²) >= 11 is 0. The smallest absolute Gasteiger partial charge is 0.416 e. The molecule has 3 rings (SSSR count). The summed E-state index contributed by atoms with van der Waals surface area (Å²) in [6, 6.07) is 13.5. The van der Waals surface area contributed by atoms with Gasteiger partial charge in [-0.2, -0.15) is 13.2 Å². The summed E-state index contributed by atoms with van der Waals surface area (Å²) in [4.78, 5) is 26.7. The molecule has 0 saturated carbocycles. The second kappa shape index (κ2) is 12.5. The lowest BCUT2D eigenvalue weighted by Crippen LogP contribution is -2.51. The number of hydrogen-bond acceptors (Lipinski definition) is 6. The van der Waals surface area contributed by atoms with E-state index >= 15 is 0 Å². The molecule has 1 heterocycles. The number of benzene rings is 2. The molecule has 1 aliphatic heterocycles. The minimum atomic E-state index is -4.34. The average molecular weight is 482 g/mol. The fourth-order valence-electron chi connectivity index (χ4n) is 4.00. The molecule has 2 aromatic rings. The SMILES string of the molecule is Cc1ccc(CNCC2(ON=O)CCN(C(C)c3ccc(C(F)(F)F)cc3)CC2)cc1.O=CO. The lowest BCUT2D eigenvalue weighted by atomic mass is 9.89. The molecular formula is C24H30F3N3O4. The van der Waals surface area contributed by atoms with Crippen LogP contribution in [0.25, 0.3) is 0 Å². The highest BCUT2D eigenvalue weighted by Crippen LogP contribution is 2.33. The first-order chi connectivity index (χ1) is 16.1. The van der Waals surface area contributed by atoms with Crippen molar-refractivity contribution in [2.45, 2.75) is 51.1 Å². The zero-order chi connectivity index (χ0) is 25.2. The molecule has 1 atom stereocenters. The van der Waals surface area contributed by atoms with Crippen molar-refractivity contribution in [2.24, 2.45) is 5.34 Å². The number of carbonyl (C=O) groups is 1. The number of hydrogen-bond donors (Lipinski definition) is 2. The molecule has 0 bridgehead atoms. The largest absolute Gasteiger partial charge is 0.483 e. The third-order valence-electron chi connectivity index (χ3n) is 6.11. The highest BCUT2D eigenvalue weighted by molar-refractivity contribution is 5.32. The molecule has 7 nitrogen and oxygen atoms in total. The molecule has 10 heteroatoms. The number of alkyl halides is 3. The number of aryl methyl sites for hydroxylation is 1. The summed E-state index contributed by atoms with van der Waals surface area (Å²) in [7, 11) is 0. The van der Waals surface area contributed by atoms with Gasteiger partial charge in [-0.15, -0.1) is 4.91 Å². The van der Waals surface area contributed by atoms with Gasteiger partial charge in [0.2, 0.25) is 0 Å². The van der Waals surface area contributed by atoms with Crippen LogP contribution < -0.4 is 5.32 Å². The van der Waals surface area contributed by atoms with E-state index < -0.39 is 17.3 Å². The van der Waals surface area contributed by atoms with Gasteiger partial charge >= 0.3 is 6.18 Å². The van der Waals surface area contributed by atoms with E-state index in [9.17, 15) is 18.1 Å². The summed E-state index contributed by atoms with van der Waals surface area (Å²) in [5.74, 6) is 0. The third-order valence-corrected chi connectivity index (χ3v) is 6.11. The average Bonchev–Trinajstić information content (AvgIpc) is 2.81. The van der Waals surface area contributed by atoms with Crippen LogP contribution in [0.3, 0.4) is 0 Å². The van der Waals surface area contributed by atoms with Gasteiger partial charge in [0.05, 0.1) is 5.56 Å². The van der Waals surface area contributed by atoms with E-state index in [4.69, 9.17) is 14.7 Å². The van der Waals surface area contributed by atoms with E-state index in [0.29, 0.717) is 39.0 Å². The van der Waals surface area contributed by atoms with E-state index in [2.05, 4.69) is 39.8 Å². The van der Waals surface area contributed by atoms with Crippen LogP contribution in [0, 0.1) is 11.8 Å². The Labute approximate surface area is 196 Å². The Morgan fingerprint density at radius 2 is 1.71 bits per heavy atom. The molecule has 2 aromatic carbocycles. The Bertz CT molecular complexity index is 897. The van der Waals surface area contributed by atoms with Gasteiger partial charge in [-0.3, -0.25) is 9.69 Å². The second-order valence-corrected chi connectivity index (χ2v) is 8.38. The van der Waals surface area contributed by atoms with Gasteiger partial charge in [-0.25, -0.2) is 0 Å². The first-order valence-electron chi connectivity index (χ1n) is 10.9. The van der Waals surface area contributed by atoms with Gasteiger partial charge in [0.15, 0.2) is 10.9 Å².